The molecule has 1 nitrogen and oxygen atoms in total. The minimum atomic E-state index is 0.470. The first-order chi connectivity index (χ1) is 9.63. The zero-order chi connectivity index (χ0) is 14.1. The average Bonchev–Trinajstić information content (AvgIpc) is 2.61. The molecule has 0 spiro atoms. The summed E-state index contributed by atoms with van der Waals surface area (Å²) in [7, 11) is 0. The van der Waals surface area contributed by atoms with Crippen LogP contribution in [0.15, 0.2) is 24.3 Å². The van der Waals surface area contributed by atoms with E-state index in [1.807, 2.05) is 0 Å². The van der Waals surface area contributed by atoms with Gasteiger partial charge in [-0.05, 0) is 49.4 Å². The predicted octanol–water partition coefficient (Wildman–Crippen LogP) is 4.98. The number of rotatable bonds is 3. The van der Waals surface area contributed by atoms with E-state index < -0.39 is 0 Å². The maximum atomic E-state index is 6.68. The minimum Gasteiger partial charge on any atom is -0.374 e. The fourth-order valence-corrected chi connectivity index (χ4v) is 4.51. The van der Waals surface area contributed by atoms with E-state index in [4.69, 9.17) is 4.74 Å². The van der Waals surface area contributed by atoms with E-state index in [0.717, 1.165) is 23.7 Å². The van der Waals surface area contributed by atoms with Gasteiger partial charge in [0.2, 0.25) is 0 Å². The Bertz CT molecular complexity index is 381. The Morgan fingerprint density at radius 2 is 1.75 bits per heavy atom. The molecular weight excluding hydrogens is 244 g/mol. The van der Waals surface area contributed by atoms with Crippen LogP contribution in [0.4, 0.5) is 0 Å². The zero-order valence-corrected chi connectivity index (χ0v) is 13.3. The van der Waals surface area contributed by atoms with Crippen molar-refractivity contribution in [3.8, 4) is 0 Å². The number of ether oxygens (including phenoxy) is 1. The summed E-state index contributed by atoms with van der Waals surface area (Å²) in [5.41, 5.74) is 0. The molecule has 0 aromatic heterocycles. The summed E-state index contributed by atoms with van der Waals surface area (Å²) in [5, 5.41) is 0. The summed E-state index contributed by atoms with van der Waals surface area (Å²) >= 11 is 0. The van der Waals surface area contributed by atoms with E-state index in [1.165, 1.54) is 32.1 Å². The Morgan fingerprint density at radius 3 is 2.55 bits per heavy atom. The van der Waals surface area contributed by atoms with Gasteiger partial charge in [0.05, 0.1) is 12.2 Å². The Labute approximate surface area is 124 Å². The Morgan fingerprint density at radius 1 is 0.950 bits per heavy atom. The van der Waals surface area contributed by atoms with E-state index in [2.05, 4.69) is 45.1 Å². The Balaban J connectivity index is 1.66. The molecule has 2 saturated carbocycles. The highest BCUT2D eigenvalue weighted by Gasteiger charge is 2.38. The molecule has 20 heavy (non-hydrogen) atoms. The van der Waals surface area contributed by atoms with Crippen molar-refractivity contribution < 1.29 is 4.74 Å². The van der Waals surface area contributed by atoms with Crippen LogP contribution in [-0.2, 0) is 4.74 Å². The second-order valence-corrected chi connectivity index (χ2v) is 7.70. The first-order valence-electron chi connectivity index (χ1n) is 8.64. The molecule has 2 fully saturated rings. The first-order valence-corrected chi connectivity index (χ1v) is 8.64. The van der Waals surface area contributed by atoms with E-state index >= 15 is 0 Å². The number of fused-ring (bicyclic) bond motifs is 2. The molecule has 0 unspecified atom stereocenters. The van der Waals surface area contributed by atoms with Crippen molar-refractivity contribution in [2.45, 2.75) is 65.1 Å². The van der Waals surface area contributed by atoms with Gasteiger partial charge in [0.15, 0.2) is 0 Å². The van der Waals surface area contributed by atoms with Crippen LogP contribution < -0.4 is 0 Å². The number of hydrogen-bond acceptors (Lipinski definition) is 1. The van der Waals surface area contributed by atoms with Crippen molar-refractivity contribution in [3.05, 3.63) is 24.3 Å². The highest BCUT2D eigenvalue weighted by molar-refractivity contribution is 5.15. The smallest absolute Gasteiger partial charge is 0.0647 e. The summed E-state index contributed by atoms with van der Waals surface area (Å²) in [5.74, 6) is 3.77. The molecule has 3 rings (SSSR count). The Hall–Kier alpha value is -0.560. The second-order valence-electron chi connectivity index (χ2n) is 7.70. The summed E-state index contributed by atoms with van der Waals surface area (Å²) in [6, 6.07) is 0. The van der Waals surface area contributed by atoms with Gasteiger partial charge in [0, 0.05) is 5.92 Å². The molecule has 112 valence electrons. The molecule has 0 heterocycles. The monoisotopic (exact) mass is 274 g/mol. The van der Waals surface area contributed by atoms with Crippen LogP contribution in [0.1, 0.15) is 52.9 Å². The molecule has 6 atom stereocenters. The average molecular weight is 274 g/mol. The maximum Gasteiger partial charge on any atom is 0.0647 e. The first kappa shape index (κ1) is 14.4. The van der Waals surface area contributed by atoms with Gasteiger partial charge in [-0.3, -0.25) is 0 Å². The number of hydrogen-bond donors (Lipinski definition) is 0. The van der Waals surface area contributed by atoms with Crippen LogP contribution in [0.3, 0.4) is 0 Å². The highest BCUT2D eigenvalue weighted by atomic mass is 16.5. The van der Waals surface area contributed by atoms with E-state index in [0.29, 0.717) is 18.1 Å². The molecule has 0 aromatic carbocycles. The van der Waals surface area contributed by atoms with Gasteiger partial charge in [0.1, 0.15) is 0 Å². The van der Waals surface area contributed by atoms with Crippen LogP contribution in [0.5, 0.6) is 0 Å². The lowest BCUT2D eigenvalue weighted by molar-refractivity contribution is -0.0871. The summed E-state index contributed by atoms with van der Waals surface area (Å²) in [4.78, 5) is 0. The van der Waals surface area contributed by atoms with Gasteiger partial charge in [-0.15, -0.1) is 0 Å². The standard InChI is InChI=1S/C19H30O/c1-13(2)17-9-8-14(3)10-19(17)20-18-12-15-6-4-5-7-16(18)11-15/h4-7,13-19H,8-12H2,1-3H3/t14-,15-,16+,17+,18-,19-/m0/s1. The molecule has 0 saturated heterocycles. The quantitative estimate of drug-likeness (QED) is 0.705. The van der Waals surface area contributed by atoms with Crippen LogP contribution in [0.25, 0.3) is 0 Å². The predicted molar refractivity (Wildman–Crippen MR) is 84.5 cm³/mol. The molecule has 0 aliphatic heterocycles. The lowest BCUT2D eigenvalue weighted by Gasteiger charge is -2.39. The third-order valence-electron chi connectivity index (χ3n) is 5.75. The normalized spacial score (nSPS) is 44.0. The summed E-state index contributed by atoms with van der Waals surface area (Å²) < 4.78 is 6.68. The van der Waals surface area contributed by atoms with Crippen molar-refractivity contribution in [3.63, 3.8) is 0 Å². The van der Waals surface area contributed by atoms with Crippen LogP contribution in [0, 0.1) is 29.6 Å². The van der Waals surface area contributed by atoms with Crippen LogP contribution >= 0.6 is 0 Å². The lowest BCUT2D eigenvalue weighted by atomic mass is 9.75. The third-order valence-corrected chi connectivity index (χ3v) is 5.75. The van der Waals surface area contributed by atoms with Crippen LogP contribution in [-0.4, -0.2) is 12.2 Å². The van der Waals surface area contributed by atoms with E-state index in [1.54, 1.807) is 0 Å². The lowest BCUT2D eigenvalue weighted by Crippen LogP contribution is -2.37. The molecule has 0 radical (unpaired) electrons. The van der Waals surface area contributed by atoms with Gasteiger partial charge in [-0.25, -0.2) is 0 Å². The Kier molecular flexibility index (Phi) is 4.35. The van der Waals surface area contributed by atoms with Gasteiger partial charge in [-0.2, -0.15) is 0 Å². The highest BCUT2D eigenvalue weighted by Crippen LogP contribution is 2.41. The van der Waals surface area contributed by atoms with Gasteiger partial charge >= 0.3 is 0 Å². The fraction of sp³-hybridized carbons (Fsp3) is 0.789. The van der Waals surface area contributed by atoms with Crippen molar-refractivity contribution >= 4 is 0 Å². The third kappa shape index (κ3) is 3.03. The summed E-state index contributed by atoms with van der Waals surface area (Å²) in [6.07, 6.45) is 16.7. The topological polar surface area (TPSA) is 9.23 Å². The molecule has 3 aliphatic carbocycles. The summed E-state index contributed by atoms with van der Waals surface area (Å²) in [6.45, 7) is 7.14. The molecule has 2 bridgehead atoms. The van der Waals surface area contributed by atoms with Gasteiger partial charge in [0.25, 0.3) is 0 Å². The second kappa shape index (κ2) is 6.05. The number of allylic oxidation sites excluding steroid dienone is 3. The SMILES string of the molecule is CC(C)[C@H]1CC[C@H](C)C[C@@H]1O[C@H]1C[C@H]2C=CC=C[C@@H]1C2. The molecule has 0 amide bonds. The van der Waals surface area contributed by atoms with Crippen molar-refractivity contribution in [2.24, 2.45) is 29.6 Å². The minimum absolute atomic E-state index is 0.470. The molecular formula is C19H30O. The van der Waals surface area contributed by atoms with E-state index in [-0.39, 0.29) is 0 Å². The largest absolute Gasteiger partial charge is 0.374 e. The van der Waals surface area contributed by atoms with E-state index in [9.17, 15) is 0 Å². The molecule has 3 aliphatic rings. The zero-order valence-electron chi connectivity index (χ0n) is 13.3. The molecule has 1 heteroatoms. The van der Waals surface area contributed by atoms with Crippen LogP contribution in [0.2, 0.25) is 0 Å². The molecule has 0 aromatic rings. The molecule has 0 N–H and O–H groups in total. The maximum absolute atomic E-state index is 6.68. The van der Waals surface area contributed by atoms with Crippen molar-refractivity contribution in [1.29, 1.82) is 0 Å². The fourth-order valence-electron chi connectivity index (χ4n) is 4.51. The van der Waals surface area contributed by atoms with Crippen molar-refractivity contribution in [2.75, 3.05) is 0 Å². The van der Waals surface area contributed by atoms with Gasteiger partial charge in [-0.1, -0.05) is 51.5 Å². The van der Waals surface area contributed by atoms with Crippen molar-refractivity contribution in [1.82, 2.24) is 0 Å². The van der Waals surface area contributed by atoms with Gasteiger partial charge < -0.3 is 4.74 Å².